The molecule has 0 aliphatic carbocycles. The van der Waals surface area contributed by atoms with Gasteiger partial charge in [0.2, 0.25) is 0 Å². The van der Waals surface area contributed by atoms with Gasteiger partial charge in [0, 0.05) is 12.1 Å². The molecular weight excluding hydrogens is 396 g/mol. The van der Waals surface area contributed by atoms with Crippen LogP contribution in [0.25, 0.3) is 11.0 Å². The second kappa shape index (κ2) is 7.63. The normalized spacial score (nSPS) is 11.7. The molecule has 0 bridgehead atoms. The number of nitrogens with zero attached hydrogens (tertiary/aromatic N) is 1. The number of halogens is 2. The predicted molar refractivity (Wildman–Crippen MR) is 107 cm³/mol. The van der Waals surface area contributed by atoms with E-state index in [1.54, 1.807) is 18.2 Å². The summed E-state index contributed by atoms with van der Waals surface area (Å²) >= 11 is 0. The summed E-state index contributed by atoms with van der Waals surface area (Å²) in [6.07, 6.45) is 1.31. The zero-order chi connectivity index (χ0) is 20.4. The molecule has 29 heavy (non-hydrogen) atoms. The molecule has 0 amide bonds. The van der Waals surface area contributed by atoms with Crippen molar-refractivity contribution in [1.82, 2.24) is 9.97 Å². The molecule has 3 aromatic carbocycles. The van der Waals surface area contributed by atoms with Crippen molar-refractivity contribution in [2.24, 2.45) is 0 Å². The summed E-state index contributed by atoms with van der Waals surface area (Å²) in [6.45, 7) is 0. The third-order valence-electron chi connectivity index (χ3n) is 4.47. The lowest BCUT2D eigenvalue weighted by Crippen LogP contribution is -2.13. The van der Waals surface area contributed by atoms with Gasteiger partial charge in [-0.25, -0.2) is 22.2 Å². The Balaban J connectivity index is 1.48. The van der Waals surface area contributed by atoms with Gasteiger partial charge in [0.05, 0.1) is 15.9 Å². The molecule has 0 aliphatic rings. The van der Waals surface area contributed by atoms with E-state index in [2.05, 4.69) is 14.7 Å². The van der Waals surface area contributed by atoms with E-state index >= 15 is 0 Å². The number of aromatic amines is 1. The fourth-order valence-corrected chi connectivity index (χ4v) is 4.10. The molecule has 0 aliphatic heterocycles. The van der Waals surface area contributed by atoms with Crippen LogP contribution in [0.3, 0.4) is 0 Å². The molecule has 0 spiro atoms. The van der Waals surface area contributed by atoms with Crippen LogP contribution in [0.5, 0.6) is 0 Å². The number of H-pyrrole nitrogens is 1. The van der Waals surface area contributed by atoms with Gasteiger partial charge in [0.1, 0.15) is 5.82 Å². The third kappa shape index (κ3) is 4.27. The average Bonchev–Trinajstić information content (AvgIpc) is 3.11. The Morgan fingerprint density at radius 3 is 2.52 bits per heavy atom. The van der Waals surface area contributed by atoms with Gasteiger partial charge >= 0.3 is 0 Å². The number of hydrogen-bond donors (Lipinski definition) is 2. The summed E-state index contributed by atoms with van der Waals surface area (Å²) in [5, 5.41) is 0. The summed E-state index contributed by atoms with van der Waals surface area (Å²) < 4.78 is 53.7. The van der Waals surface area contributed by atoms with Crippen LogP contribution in [0, 0.1) is 11.6 Å². The number of aryl methyl sites for hydroxylation is 2. The molecule has 0 fully saturated rings. The van der Waals surface area contributed by atoms with Crippen LogP contribution in [0.15, 0.2) is 71.6 Å². The molecule has 8 heteroatoms. The number of sulfonamides is 1. The van der Waals surface area contributed by atoms with Crippen molar-refractivity contribution in [3.63, 3.8) is 0 Å². The van der Waals surface area contributed by atoms with E-state index in [4.69, 9.17) is 0 Å². The molecule has 0 saturated heterocycles. The minimum absolute atomic E-state index is 0.343. The van der Waals surface area contributed by atoms with Crippen LogP contribution < -0.4 is 4.72 Å². The molecule has 4 rings (SSSR count). The number of anilines is 1. The summed E-state index contributed by atoms with van der Waals surface area (Å²) in [7, 11) is -4.03. The fraction of sp³-hybridized carbons (Fsp3) is 0.0952. The van der Waals surface area contributed by atoms with Gasteiger partial charge in [-0.1, -0.05) is 24.3 Å². The third-order valence-corrected chi connectivity index (χ3v) is 5.85. The summed E-state index contributed by atoms with van der Waals surface area (Å²) in [5.74, 6) is -1.47. The first-order valence-electron chi connectivity index (χ1n) is 8.91. The minimum Gasteiger partial charge on any atom is -0.342 e. The SMILES string of the molecule is O=S(=O)(Nc1cccc(CCc2nc3ccccc3[nH]2)c1)c1ccc(F)c(F)c1. The average molecular weight is 413 g/mol. The van der Waals surface area contributed by atoms with Crippen LogP contribution in [0.2, 0.25) is 0 Å². The van der Waals surface area contributed by atoms with Gasteiger partial charge in [0.25, 0.3) is 10.0 Å². The van der Waals surface area contributed by atoms with E-state index in [-0.39, 0.29) is 4.90 Å². The van der Waals surface area contributed by atoms with Crippen molar-refractivity contribution in [1.29, 1.82) is 0 Å². The quantitative estimate of drug-likeness (QED) is 0.491. The van der Waals surface area contributed by atoms with Crippen molar-refractivity contribution in [3.8, 4) is 0 Å². The second-order valence-corrected chi connectivity index (χ2v) is 8.26. The van der Waals surface area contributed by atoms with Gasteiger partial charge in [-0.15, -0.1) is 0 Å². The first kappa shape index (κ1) is 19.1. The van der Waals surface area contributed by atoms with E-state index < -0.39 is 21.7 Å². The molecule has 0 atom stereocenters. The van der Waals surface area contributed by atoms with Gasteiger partial charge in [-0.05, 0) is 54.4 Å². The highest BCUT2D eigenvalue weighted by atomic mass is 32.2. The molecule has 4 aromatic rings. The van der Waals surface area contributed by atoms with Gasteiger partial charge in [0.15, 0.2) is 11.6 Å². The fourth-order valence-electron chi connectivity index (χ4n) is 3.04. The van der Waals surface area contributed by atoms with E-state index in [1.165, 1.54) is 0 Å². The molecule has 0 unspecified atom stereocenters. The molecule has 0 radical (unpaired) electrons. The number of benzene rings is 3. The van der Waals surface area contributed by atoms with Crippen LogP contribution in [-0.2, 0) is 22.9 Å². The van der Waals surface area contributed by atoms with Crippen LogP contribution in [0.4, 0.5) is 14.5 Å². The Kier molecular flexibility index (Phi) is 5.02. The number of hydrogen-bond acceptors (Lipinski definition) is 3. The molecule has 148 valence electrons. The standard InChI is InChI=1S/C21H17F2N3O2S/c22-17-10-9-16(13-18(17)23)29(27,28)26-15-5-3-4-14(12-15)8-11-21-24-19-6-1-2-7-20(19)25-21/h1-7,9-10,12-13,26H,8,11H2,(H,24,25). The van der Waals surface area contributed by atoms with Crippen LogP contribution in [0.1, 0.15) is 11.4 Å². The predicted octanol–water partition coefficient (Wildman–Crippen LogP) is 4.43. The smallest absolute Gasteiger partial charge is 0.261 e. The molecular formula is C21H17F2N3O2S. The number of imidazole rings is 1. The van der Waals surface area contributed by atoms with Crippen LogP contribution >= 0.6 is 0 Å². The highest BCUT2D eigenvalue weighted by Crippen LogP contribution is 2.20. The summed E-state index contributed by atoms with van der Waals surface area (Å²) in [5.41, 5.74) is 3.12. The molecule has 0 saturated carbocycles. The highest BCUT2D eigenvalue weighted by Gasteiger charge is 2.17. The minimum atomic E-state index is -4.03. The zero-order valence-corrected chi connectivity index (χ0v) is 16.0. The van der Waals surface area contributed by atoms with E-state index in [9.17, 15) is 17.2 Å². The first-order chi connectivity index (χ1) is 13.9. The van der Waals surface area contributed by atoms with Crippen LogP contribution in [-0.4, -0.2) is 18.4 Å². The Morgan fingerprint density at radius 1 is 0.897 bits per heavy atom. The highest BCUT2D eigenvalue weighted by molar-refractivity contribution is 7.92. The Bertz CT molecular complexity index is 1250. The molecule has 1 heterocycles. The number of aromatic nitrogens is 2. The number of nitrogens with one attached hydrogen (secondary N) is 2. The lowest BCUT2D eigenvalue weighted by Gasteiger charge is -2.10. The number of rotatable bonds is 6. The van der Waals surface area contributed by atoms with E-state index in [0.29, 0.717) is 24.6 Å². The maximum Gasteiger partial charge on any atom is 0.261 e. The van der Waals surface area contributed by atoms with E-state index in [1.807, 2.05) is 30.3 Å². The second-order valence-electron chi connectivity index (χ2n) is 6.58. The zero-order valence-electron chi connectivity index (χ0n) is 15.2. The monoisotopic (exact) mass is 413 g/mol. The van der Waals surface area contributed by atoms with Crippen molar-refractivity contribution < 1.29 is 17.2 Å². The molecule has 1 aromatic heterocycles. The lowest BCUT2D eigenvalue weighted by atomic mass is 10.1. The molecule has 2 N–H and O–H groups in total. The van der Waals surface area contributed by atoms with Gasteiger partial charge < -0.3 is 4.98 Å². The van der Waals surface area contributed by atoms with Crippen molar-refractivity contribution in [2.45, 2.75) is 17.7 Å². The van der Waals surface area contributed by atoms with Crippen molar-refractivity contribution in [2.75, 3.05) is 4.72 Å². The maximum absolute atomic E-state index is 13.4. The molecule has 5 nitrogen and oxygen atoms in total. The Hall–Kier alpha value is -3.26. The Morgan fingerprint density at radius 2 is 1.72 bits per heavy atom. The lowest BCUT2D eigenvalue weighted by molar-refractivity contribution is 0.504. The summed E-state index contributed by atoms with van der Waals surface area (Å²) in [6, 6.07) is 17.1. The number of para-hydroxylation sites is 2. The maximum atomic E-state index is 13.4. The first-order valence-corrected chi connectivity index (χ1v) is 10.4. The van der Waals surface area contributed by atoms with Gasteiger partial charge in [-0.2, -0.15) is 0 Å². The largest absolute Gasteiger partial charge is 0.342 e. The van der Waals surface area contributed by atoms with E-state index in [0.717, 1.165) is 34.6 Å². The number of fused-ring (bicyclic) bond motifs is 1. The topological polar surface area (TPSA) is 74.8 Å². The van der Waals surface area contributed by atoms with Crippen molar-refractivity contribution in [3.05, 3.63) is 89.8 Å². The summed E-state index contributed by atoms with van der Waals surface area (Å²) in [4.78, 5) is 7.45. The Labute approximate surface area is 166 Å². The van der Waals surface area contributed by atoms with Gasteiger partial charge in [-0.3, -0.25) is 4.72 Å². The van der Waals surface area contributed by atoms with Crippen molar-refractivity contribution >= 4 is 26.7 Å².